The van der Waals surface area contributed by atoms with Crippen LogP contribution in [-0.4, -0.2) is 42.6 Å². The molecule has 0 aromatic rings. The van der Waals surface area contributed by atoms with Gasteiger partial charge in [-0.1, -0.05) is 15.9 Å². The molecule has 0 rings (SSSR count). The normalized spacial score (nSPS) is 14.2. The molecule has 0 fully saturated rings. The Morgan fingerprint density at radius 3 is 2.25 bits per heavy atom. The van der Waals surface area contributed by atoms with Gasteiger partial charge in [-0.15, -0.1) is 0 Å². The number of methoxy groups -OCH3 is 1. The van der Waals surface area contributed by atoms with Crippen molar-refractivity contribution in [3.63, 3.8) is 0 Å². The molecule has 0 aromatic carbocycles. The van der Waals surface area contributed by atoms with E-state index in [0.29, 0.717) is 12.1 Å². The maximum Gasteiger partial charge on any atom is 0.0670 e. The zero-order valence-corrected chi connectivity index (χ0v) is 10.1. The van der Waals surface area contributed by atoms with Crippen molar-refractivity contribution in [2.24, 2.45) is 0 Å². The van der Waals surface area contributed by atoms with E-state index < -0.39 is 0 Å². The van der Waals surface area contributed by atoms with Gasteiger partial charge in [0.05, 0.1) is 6.10 Å². The van der Waals surface area contributed by atoms with Crippen LogP contribution in [-0.2, 0) is 4.74 Å². The Labute approximate surface area is 84.4 Å². The topological polar surface area (TPSA) is 12.5 Å². The summed E-state index contributed by atoms with van der Waals surface area (Å²) in [6, 6.07) is 0.597. The van der Waals surface area contributed by atoms with E-state index in [2.05, 4.69) is 41.6 Å². The van der Waals surface area contributed by atoms with E-state index in [-0.39, 0.29) is 0 Å². The molecule has 0 bridgehead atoms. The van der Waals surface area contributed by atoms with Crippen LogP contribution in [0.5, 0.6) is 0 Å². The van der Waals surface area contributed by atoms with Crippen molar-refractivity contribution in [1.29, 1.82) is 0 Å². The largest absolute Gasteiger partial charge is 0.380 e. The molecule has 0 aromatic heterocycles. The molecule has 0 N–H and O–H groups in total. The fraction of sp³-hybridized carbons (Fsp3) is 1.00. The third-order valence-corrected chi connectivity index (χ3v) is 2.35. The summed E-state index contributed by atoms with van der Waals surface area (Å²) in [7, 11) is 1.76. The molecular formula is C9H20BrNO. The Morgan fingerprint density at radius 1 is 1.33 bits per heavy atom. The second-order valence-corrected chi connectivity index (χ2v) is 4.12. The lowest BCUT2D eigenvalue weighted by molar-refractivity contribution is 0.0686. The van der Waals surface area contributed by atoms with Crippen LogP contribution < -0.4 is 0 Å². The first-order chi connectivity index (χ1) is 5.61. The minimum absolute atomic E-state index is 0.325. The molecule has 1 unspecified atom stereocenters. The van der Waals surface area contributed by atoms with E-state index in [1.165, 1.54) is 0 Å². The lowest BCUT2D eigenvalue weighted by atomic mass is 10.3. The SMILES string of the molecule is COC(C)CN(CCBr)C(C)C. The van der Waals surface area contributed by atoms with E-state index in [4.69, 9.17) is 4.74 Å². The second-order valence-electron chi connectivity index (χ2n) is 3.32. The van der Waals surface area contributed by atoms with Crippen molar-refractivity contribution in [3.05, 3.63) is 0 Å². The molecule has 1 atom stereocenters. The summed E-state index contributed by atoms with van der Waals surface area (Å²) in [6.45, 7) is 8.63. The number of ether oxygens (including phenoxy) is 1. The number of nitrogens with zero attached hydrogens (tertiary/aromatic N) is 1. The van der Waals surface area contributed by atoms with Gasteiger partial charge in [0.15, 0.2) is 0 Å². The minimum atomic E-state index is 0.325. The van der Waals surface area contributed by atoms with Gasteiger partial charge in [-0.05, 0) is 20.8 Å². The standard InChI is InChI=1S/C9H20BrNO/c1-8(2)11(6-5-10)7-9(3)12-4/h8-9H,5-7H2,1-4H3. The zero-order valence-electron chi connectivity index (χ0n) is 8.51. The monoisotopic (exact) mass is 237 g/mol. The maximum absolute atomic E-state index is 5.22. The second kappa shape index (κ2) is 6.87. The van der Waals surface area contributed by atoms with Crippen LogP contribution in [0.15, 0.2) is 0 Å². The molecule has 2 nitrogen and oxygen atoms in total. The average Bonchev–Trinajstić information content (AvgIpc) is 2.03. The van der Waals surface area contributed by atoms with Crippen molar-refractivity contribution in [2.45, 2.75) is 32.9 Å². The maximum atomic E-state index is 5.22. The highest BCUT2D eigenvalue weighted by Gasteiger charge is 2.11. The summed E-state index contributed by atoms with van der Waals surface area (Å²) < 4.78 is 5.22. The lowest BCUT2D eigenvalue weighted by Crippen LogP contribution is -2.38. The molecule has 0 aliphatic carbocycles. The Balaban J connectivity index is 3.77. The van der Waals surface area contributed by atoms with Crippen LogP contribution in [0, 0.1) is 0 Å². The van der Waals surface area contributed by atoms with Gasteiger partial charge in [0.25, 0.3) is 0 Å². The first-order valence-electron chi connectivity index (χ1n) is 4.44. The van der Waals surface area contributed by atoms with Crippen LogP contribution in [0.1, 0.15) is 20.8 Å². The predicted octanol–water partition coefficient (Wildman–Crippen LogP) is 2.13. The summed E-state index contributed by atoms with van der Waals surface area (Å²) in [5.41, 5.74) is 0. The van der Waals surface area contributed by atoms with Gasteiger partial charge < -0.3 is 4.74 Å². The molecular weight excluding hydrogens is 218 g/mol. The van der Waals surface area contributed by atoms with Crippen molar-refractivity contribution >= 4 is 15.9 Å². The summed E-state index contributed by atoms with van der Waals surface area (Å²) >= 11 is 3.45. The first kappa shape index (κ1) is 12.4. The molecule has 0 saturated carbocycles. The molecule has 0 aliphatic heterocycles. The van der Waals surface area contributed by atoms with Crippen LogP contribution >= 0.6 is 15.9 Å². The smallest absolute Gasteiger partial charge is 0.0670 e. The van der Waals surface area contributed by atoms with Crippen molar-refractivity contribution in [1.82, 2.24) is 4.90 Å². The van der Waals surface area contributed by atoms with Gasteiger partial charge in [0.2, 0.25) is 0 Å². The van der Waals surface area contributed by atoms with Gasteiger partial charge >= 0.3 is 0 Å². The van der Waals surface area contributed by atoms with Crippen LogP contribution in [0.3, 0.4) is 0 Å². The van der Waals surface area contributed by atoms with E-state index in [9.17, 15) is 0 Å². The highest BCUT2D eigenvalue weighted by atomic mass is 79.9. The van der Waals surface area contributed by atoms with Gasteiger partial charge in [-0.2, -0.15) is 0 Å². The molecule has 0 heterocycles. The molecule has 3 heteroatoms. The molecule has 74 valence electrons. The fourth-order valence-electron chi connectivity index (χ4n) is 1.07. The molecule has 0 amide bonds. The average molecular weight is 238 g/mol. The fourth-order valence-corrected chi connectivity index (χ4v) is 1.53. The molecule has 12 heavy (non-hydrogen) atoms. The molecule has 0 saturated heterocycles. The molecule has 0 spiro atoms. The van der Waals surface area contributed by atoms with E-state index in [1.54, 1.807) is 7.11 Å². The Kier molecular flexibility index (Phi) is 7.10. The minimum Gasteiger partial charge on any atom is -0.380 e. The number of hydrogen-bond acceptors (Lipinski definition) is 2. The van der Waals surface area contributed by atoms with E-state index in [1.807, 2.05) is 0 Å². The Hall–Kier alpha value is 0.400. The third-order valence-electron chi connectivity index (χ3n) is 2.00. The Bertz CT molecular complexity index is 109. The van der Waals surface area contributed by atoms with E-state index >= 15 is 0 Å². The van der Waals surface area contributed by atoms with Crippen LogP contribution in [0.2, 0.25) is 0 Å². The van der Waals surface area contributed by atoms with Gasteiger partial charge in [0.1, 0.15) is 0 Å². The lowest BCUT2D eigenvalue weighted by Gasteiger charge is -2.27. The van der Waals surface area contributed by atoms with Crippen LogP contribution in [0.25, 0.3) is 0 Å². The number of halogens is 1. The summed E-state index contributed by atoms with van der Waals surface area (Å²) in [6.07, 6.45) is 0.325. The highest BCUT2D eigenvalue weighted by molar-refractivity contribution is 9.09. The van der Waals surface area contributed by atoms with Crippen molar-refractivity contribution < 1.29 is 4.74 Å². The van der Waals surface area contributed by atoms with Crippen molar-refractivity contribution in [3.8, 4) is 0 Å². The number of rotatable bonds is 6. The van der Waals surface area contributed by atoms with Gasteiger partial charge in [0, 0.05) is 31.6 Å². The quantitative estimate of drug-likeness (QED) is 0.657. The highest BCUT2D eigenvalue weighted by Crippen LogP contribution is 2.02. The Morgan fingerprint density at radius 2 is 1.92 bits per heavy atom. The van der Waals surface area contributed by atoms with Gasteiger partial charge in [-0.25, -0.2) is 0 Å². The number of hydrogen-bond donors (Lipinski definition) is 0. The van der Waals surface area contributed by atoms with Crippen LogP contribution in [0.4, 0.5) is 0 Å². The first-order valence-corrected chi connectivity index (χ1v) is 5.56. The molecule has 0 aliphatic rings. The number of alkyl halides is 1. The van der Waals surface area contributed by atoms with E-state index in [0.717, 1.165) is 18.4 Å². The summed E-state index contributed by atoms with van der Waals surface area (Å²) in [4.78, 5) is 2.41. The summed E-state index contributed by atoms with van der Waals surface area (Å²) in [5, 5.41) is 1.03. The third kappa shape index (κ3) is 5.12. The van der Waals surface area contributed by atoms with Crippen molar-refractivity contribution in [2.75, 3.05) is 25.5 Å². The summed E-state index contributed by atoms with van der Waals surface area (Å²) in [5.74, 6) is 0. The predicted molar refractivity (Wildman–Crippen MR) is 57.0 cm³/mol. The zero-order chi connectivity index (χ0) is 9.56. The van der Waals surface area contributed by atoms with Gasteiger partial charge in [-0.3, -0.25) is 4.90 Å². The molecule has 0 radical (unpaired) electrons.